The highest BCUT2D eigenvalue weighted by Gasteiger charge is 2.39. The second-order valence-electron chi connectivity index (χ2n) is 3.87. The number of carbonyl (C=O) groups excluding carboxylic acids is 2. The van der Waals surface area contributed by atoms with Crippen molar-refractivity contribution in [2.75, 3.05) is 0 Å². The molecule has 2 rings (SSSR count). The maximum Gasteiger partial charge on any atom is 0.348 e. The van der Waals surface area contributed by atoms with Gasteiger partial charge in [0.1, 0.15) is 11.3 Å². The highest BCUT2D eigenvalue weighted by Crippen LogP contribution is 2.26. The van der Waals surface area contributed by atoms with Crippen LogP contribution in [0.1, 0.15) is 19.6 Å². The van der Waals surface area contributed by atoms with Crippen molar-refractivity contribution in [3.63, 3.8) is 0 Å². The zero-order chi connectivity index (χ0) is 12.6. The second-order valence-corrected chi connectivity index (χ2v) is 4.72. The number of rotatable bonds is 1. The largest absolute Gasteiger partial charge is 0.464 e. The van der Waals surface area contributed by atoms with E-state index in [2.05, 4.69) is 15.9 Å². The number of carbonyl (C=O) groups is 2. The lowest BCUT2D eigenvalue weighted by Gasteiger charge is -2.29. The van der Waals surface area contributed by atoms with Crippen LogP contribution in [0.2, 0.25) is 0 Å². The zero-order valence-corrected chi connectivity index (χ0v) is 10.7. The fourth-order valence-electron chi connectivity index (χ4n) is 1.32. The summed E-state index contributed by atoms with van der Waals surface area (Å²) in [5.41, 5.74) is -0.194. The molecule has 0 aromatic carbocycles. The van der Waals surface area contributed by atoms with Gasteiger partial charge in [-0.05, 0) is 22.0 Å². The number of hydrogen-bond donors (Lipinski definition) is 0. The summed E-state index contributed by atoms with van der Waals surface area (Å²) in [7, 11) is 0. The molecule has 0 N–H and O–H groups in total. The van der Waals surface area contributed by atoms with Gasteiger partial charge in [0.15, 0.2) is 0 Å². The molecule has 1 fully saturated rings. The average Bonchev–Trinajstić information content (AvgIpc) is 2.56. The first-order chi connectivity index (χ1) is 7.89. The Morgan fingerprint density at radius 3 is 2.29 bits per heavy atom. The molecule has 0 unspecified atom stereocenters. The Labute approximate surface area is 106 Å². The van der Waals surface area contributed by atoms with Crippen molar-refractivity contribution in [2.24, 2.45) is 0 Å². The summed E-state index contributed by atoms with van der Waals surface area (Å²) in [6.45, 7) is 2.98. The minimum absolute atomic E-state index is 0.194. The minimum Gasteiger partial charge on any atom is -0.464 e. The van der Waals surface area contributed by atoms with Crippen LogP contribution in [0.15, 0.2) is 26.8 Å². The molecular formula is C11H9BrO5. The number of hydrogen-bond acceptors (Lipinski definition) is 5. The van der Waals surface area contributed by atoms with Crippen LogP contribution in [0, 0.1) is 0 Å². The predicted octanol–water partition coefficient (Wildman–Crippen LogP) is 2.26. The SMILES string of the molecule is CC1(C)OC(=O)C(=Cc2occc2Br)C(=O)O1. The second kappa shape index (κ2) is 4.03. The summed E-state index contributed by atoms with van der Waals surface area (Å²) in [5.74, 6) is -2.33. The van der Waals surface area contributed by atoms with Crippen LogP contribution in [-0.4, -0.2) is 17.7 Å². The maximum atomic E-state index is 11.6. The molecule has 0 radical (unpaired) electrons. The van der Waals surface area contributed by atoms with Gasteiger partial charge in [0, 0.05) is 19.9 Å². The first-order valence-corrected chi connectivity index (χ1v) is 5.60. The normalized spacial score (nSPS) is 18.6. The molecule has 0 saturated carbocycles. The van der Waals surface area contributed by atoms with Crippen molar-refractivity contribution < 1.29 is 23.5 Å². The van der Waals surface area contributed by atoms with Crippen LogP contribution in [0.25, 0.3) is 6.08 Å². The van der Waals surface area contributed by atoms with E-state index in [4.69, 9.17) is 13.9 Å². The molecule has 2 heterocycles. The van der Waals surface area contributed by atoms with Gasteiger partial charge in [0.05, 0.1) is 10.7 Å². The highest BCUT2D eigenvalue weighted by atomic mass is 79.9. The number of cyclic esters (lactones) is 2. The molecule has 90 valence electrons. The Morgan fingerprint density at radius 2 is 1.82 bits per heavy atom. The highest BCUT2D eigenvalue weighted by molar-refractivity contribution is 9.10. The van der Waals surface area contributed by atoms with Crippen molar-refractivity contribution in [1.82, 2.24) is 0 Å². The monoisotopic (exact) mass is 300 g/mol. The van der Waals surface area contributed by atoms with Crippen molar-refractivity contribution in [3.8, 4) is 0 Å². The van der Waals surface area contributed by atoms with Gasteiger partial charge >= 0.3 is 11.9 Å². The molecule has 0 atom stereocenters. The van der Waals surface area contributed by atoms with E-state index in [-0.39, 0.29) is 5.57 Å². The molecule has 0 amide bonds. The van der Waals surface area contributed by atoms with Crippen molar-refractivity contribution in [1.29, 1.82) is 0 Å². The lowest BCUT2D eigenvalue weighted by molar-refractivity contribution is -0.222. The van der Waals surface area contributed by atoms with E-state index >= 15 is 0 Å². The topological polar surface area (TPSA) is 65.7 Å². The molecule has 1 aliphatic heterocycles. The van der Waals surface area contributed by atoms with Crippen LogP contribution < -0.4 is 0 Å². The van der Waals surface area contributed by atoms with Crippen molar-refractivity contribution in [3.05, 3.63) is 28.1 Å². The Kier molecular flexibility index (Phi) is 2.82. The summed E-state index contributed by atoms with van der Waals surface area (Å²) < 4.78 is 15.6. The fraction of sp³-hybridized carbons (Fsp3) is 0.273. The first-order valence-electron chi connectivity index (χ1n) is 4.80. The lowest BCUT2D eigenvalue weighted by atomic mass is 10.2. The third kappa shape index (κ3) is 2.41. The number of ether oxygens (including phenoxy) is 2. The summed E-state index contributed by atoms with van der Waals surface area (Å²) in [5, 5.41) is 0. The summed E-state index contributed by atoms with van der Waals surface area (Å²) in [6.07, 6.45) is 2.71. The molecule has 6 heteroatoms. The molecule has 1 saturated heterocycles. The van der Waals surface area contributed by atoms with Crippen LogP contribution in [0.3, 0.4) is 0 Å². The third-order valence-corrected chi connectivity index (χ3v) is 2.69. The Morgan fingerprint density at radius 1 is 1.24 bits per heavy atom. The Hall–Kier alpha value is -1.56. The van der Waals surface area contributed by atoms with Gasteiger partial charge in [-0.15, -0.1) is 0 Å². The summed E-state index contributed by atoms with van der Waals surface area (Å²) >= 11 is 3.21. The molecule has 17 heavy (non-hydrogen) atoms. The van der Waals surface area contributed by atoms with E-state index in [1.165, 1.54) is 26.2 Å². The molecule has 1 aliphatic rings. The van der Waals surface area contributed by atoms with Gasteiger partial charge in [-0.3, -0.25) is 0 Å². The van der Waals surface area contributed by atoms with Gasteiger partial charge in [-0.1, -0.05) is 0 Å². The molecule has 0 spiro atoms. The number of esters is 2. The van der Waals surface area contributed by atoms with Crippen molar-refractivity contribution >= 4 is 33.9 Å². The van der Waals surface area contributed by atoms with Crippen LogP contribution >= 0.6 is 15.9 Å². The zero-order valence-electron chi connectivity index (χ0n) is 9.15. The molecule has 1 aromatic rings. The third-order valence-electron chi connectivity index (χ3n) is 2.04. The van der Waals surface area contributed by atoms with Crippen LogP contribution in [0.5, 0.6) is 0 Å². The van der Waals surface area contributed by atoms with E-state index in [0.29, 0.717) is 10.2 Å². The average molecular weight is 301 g/mol. The van der Waals surface area contributed by atoms with Gasteiger partial charge < -0.3 is 13.9 Å². The smallest absolute Gasteiger partial charge is 0.348 e. The van der Waals surface area contributed by atoms with Gasteiger partial charge in [-0.25, -0.2) is 9.59 Å². The number of furan rings is 1. The van der Waals surface area contributed by atoms with Gasteiger partial charge in [-0.2, -0.15) is 0 Å². The maximum absolute atomic E-state index is 11.6. The molecular weight excluding hydrogens is 292 g/mol. The minimum atomic E-state index is -1.23. The first kappa shape index (κ1) is 11.9. The summed E-state index contributed by atoms with van der Waals surface area (Å²) in [6, 6.07) is 1.65. The van der Waals surface area contributed by atoms with E-state index < -0.39 is 17.7 Å². The van der Waals surface area contributed by atoms with E-state index in [1.54, 1.807) is 6.07 Å². The van der Waals surface area contributed by atoms with E-state index in [0.717, 1.165) is 0 Å². The van der Waals surface area contributed by atoms with E-state index in [1.807, 2.05) is 0 Å². The molecule has 1 aromatic heterocycles. The standard InChI is InChI=1S/C11H9BrO5/c1-11(2)16-9(13)6(10(14)17-11)5-8-7(12)3-4-15-8/h3-5H,1-2H3. The fourth-order valence-corrected chi connectivity index (χ4v) is 1.63. The predicted molar refractivity (Wildman–Crippen MR) is 60.6 cm³/mol. The Bertz CT molecular complexity index is 490. The Balaban J connectivity index is 2.34. The van der Waals surface area contributed by atoms with Gasteiger partial charge in [0.25, 0.3) is 5.79 Å². The van der Waals surface area contributed by atoms with Crippen LogP contribution in [0.4, 0.5) is 0 Å². The van der Waals surface area contributed by atoms with E-state index in [9.17, 15) is 9.59 Å². The summed E-state index contributed by atoms with van der Waals surface area (Å²) in [4.78, 5) is 23.2. The number of halogens is 1. The van der Waals surface area contributed by atoms with Crippen molar-refractivity contribution in [2.45, 2.75) is 19.6 Å². The lowest BCUT2D eigenvalue weighted by Crippen LogP contribution is -2.41. The molecule has 0 aliphatic carbocycles. The quantitative estimate of drug-likeness (QED) is 0.452. The molecule has 5 nitrogen and oxygen atoms in total. The molecule has 0 bridgehead atoms. The van der Waals surface area contributed by atoms with Gasteiger partial charge in [0.2, 0.25) is 0 Å². The van der Waals surface area contributed by atoms with Crippen LogP contribution in [-0.2, 0) is 19.1 Å².